The van der Waals surface area contributed by atoms with E-state index >= 15 is 0 Å². The molecule has 0 N–H and O–H groups in total. The Kier molecular flexibility index (Phi) is 4.87. The van der Waals surface area contributed by atoms with Crippen molar-refractivity contribution in [3.63, 3.8) is 0 Å². The molecule has 2 aromatic rings. The van der Waals surface area contributed by atoms with Crippen molar-refractivity contribution >= 4 is 23.2 Å². The van der Waals surface area contributed by atoms with Crippen molar-refractivity contribution in [2.75, 3.05) is 13.1 Å². The smallest absolute Gasteiger partial charge is 0.0595 e. The van der Waals surface area contributed by atoms with Gasteiger partial charge in [0, 0.05) is 25.6 Å². The highest BCUT2D eigenvalue weighted by Crippen LogP contribution is 2.36. The number of nitrogens with zero attached hydrogens (tertiary/aromatic N) is 1. The highest BCUT2D eigenvalue weighted by atomic mass is 35.5. The quantitative estimate of drug-likeness (QED) is 0.678. The maximum absolute atomic E-state index is 6.18. The van der Waals surface area contributed by atoms with Crippen molar-refractivity contribution in [2.24, 2.45) is 5.92 Å². The van der Waals surface area contributed by atoms with Crippen LogP contribution in [0, 0.1) is 5.92 Å². The highest BCUT2D eigenvalue weighted by molar-refractivity contribution is 6.42. The van der Waals surface area contributed by atoms with Crippen molar-refractivity contribution in [3.8, 4) is 0 Å². The van der Waals surface area contributed by atoms with Gasteiger partial charge >= 0.3 is 0 Å². The van der Waals surface area contributed by atoms with Gasteiger partial charge in [0.2, 0.25) is 0 Å². The van der Waals surface area contributed by atoms with E-state index < -0.39 is 0 Å². The molecule has 22 heavy (non-hydrogen) atoms. The third kappa shape index (κ3) is 3.38. The SMILES string of the molecule is C=C[C@@H]1CN(Cc2ccccc2)C[C@@H]1c1ccc(Cl)c(Cl)c1. The fraction of sp³-hybridized carbons (Fsp3) is 0.263. The lowest BCUT2D eigenvalue weighted by atomic mass is 9.89. The van der Waals surface area contributed by atoms with Crippen molar-refractivity contribution < 1.29 is 0 Å². The highest BCUT2D eigenvalue weighted by Gasteiger charge is 2.32. The molecule has 0 radical (unpaired) electrons. The van der Waals surface area contributed by atoms with Crippen LogP contribution in [0.25, 0.3) is 0 Å². The minimum absolute atomic E-state index is 0.427. The molecule has 0 amide bonds. The van der Waals surface area contributed by atoms with E-state index in [1.165, 1.54) is 11.1 Å². The molecule has 0 bridgehead atoms. The van der Waals surface area contributed by atoms with Crippen LogP contribution in [0.1, 0.15) is 17.0 Å². The second kappa shape index (κ2) is 6.87. The fourth-order valence-electron chi connectivity index (χ4n) is 3.22. The van der Waals surface area contributed by atoms with Gasteiger partial charge in [-0.15, -0.1) is 6.58 Å². The monoisotopic (exact) mass is 331 g/mol. The van der Waals surface area contributed by atoms with Gasteiger partial charge in [0.25, 0.3) is 0 Å². The maximum Gasteiger partial charge on any atom is 0.0595 e. The standard InChI is InChI=1S/C19H19Cl2N/c1-2-15-12-22(11-14-6-4-3-5-7-14)13-17(15)16-8-9-18(20)19(21)10-16/h2-10,15,17H,1,11-13H2/t15-,17+/m1/s1. The van der Waals surface area contributed by atoms with Gasteiger partial charge in [-0.3, -0.25) is 4.90 Å². The zero-order chi connectivity index (χ0) is 15.5. The molecule has 0 aromatic heterocycles. The van der Waals surface area contributed by atoms with E-state index in [2.05, 4.69) is 54.0 Å². The zero-order valence-corrected chi connectivity index (χ0v) is 13.9. The van der Waals surface area contributed by atoms with Crippen molar-refractivity contribution in [3.05, 3.63) is 82.4 Å². The molecule has 2 atom stereocenters. The van der Waals surface area contributed by atoms with Crippen LogP contribution < -0.4 is 0 Å². The van der Waals surface area contributed by atoms with E-state index in [0.29, 0.717) is 21.9 Å². The number of halogens is 2. The number of likely N-dealkylation sites (tertiary alicyclic amines) is 1. The van der Waals surface area contributed by atoms with E-state index in [9.17, 15) is 0 Å². The molecule has 1 saturated heterocycles. The topological polar surface area (TPSA) is 3.24 Å². The molecule has 0 aliphatic carbocycles. The Hall–Kier alpha value is -1.28. The van der Waals surface area contributed by atoms with E-state index in [4.69, 9.17) is 23.2 Å². The summed E-state index contributed by atoms with van der Waals surface area (Å²) in [7, 11) is 0. The fourth-order valence-corrected chi connectivity index (χ4v) is 3.53. The molecule has 3 rings (SSSR count). The Labute approximate surface area is 142 Å². The van der Waals surface area contributed by atoms with E-state index in [0.717, 1.165) is 19.6 Å². The Morgan fingerprint density at radius 2 is 1.82 bits per heavy atom. The number of hydrogen-bond donors (Lipinski definition) is 0. The Bertz CT molecular complexity index is 654. The number of benzene rings is 2. The Balaban J connectivity index is 1.77. The third-order valence-corrected chi connectivity index (χ3v) is 5.10. The predicted molar refractivity (Wildman–Crippen MR) is 94.6 cm³/mol. The first-order chi connectivity index (χ1) is 10.7. The summed E-state index contributed by atoms with van der Waals surface area (Å²) in [6, 6.07) is 16.6. The van der Waals surface area contributed by atoms with Gasteiger partial charge in [-0.25, -0.2) is 0 Å². The molecule has 0 saturated carbocycles. The molecule has 2 aromatic carbocycles. The van der Waals surface area contributed by atoms with Gasteiger partial charge in [0.1, 0.15) is 0 Å². The summed E-state index contributed by atoms with van der Waals surface area (Å²) in [6.45, 7) is 7.04. The van der Waals surface area contributed by atoms with E-state index in [1.807, 2.05) is 12.1 Å². The van der Waals surface area contributed by atoms with Crippen LogP contribution in [-0.4, -0.2) is 18.0 Å². The zero-order valence-electron chi connectivity index (χ0n) is 12.4. The minimum Gasteiger partial charge on any atom is -0.298 e. The first-order valence-corrected chi connectivity index (χ1v) is 8.26. The molecule has 1 aliphatic rings. The summed E-state index contributed by atoms with van der Waals surface area (Å²) < 4.78 is 0. The van der Waals surface area contributed by atoms with Crippen LogP contribution in [-0.2, 0) is 6.54 Å². The van der Waals surface area contributed by atoms with Crippen molar-refractivity contribution in [2.45, 2.75) is 12.5 Å². The second-order valence-electron chi connectivity index (χ2n) is 5.86. The van der Waals surface area contributed by atoms with Crippen molar-refractivity contribution in [1.82, 2.24) is 4.90 Å². The van der Waals surface area contributed by atoms with Gasteiger partial charge in [0.15, 0.2) is 0 Å². The first-order valence-electron chi connectivity index (χ1n) is 7.51. The van der Waals surface area contributed by atoms with Gasteiger partial charge < -0.3 is 0 Å². The summed E-state index contributed by atoms with van der Waals surface area (Å²) >= 11 is 12.2. The normalized spacial score (nSPS) is 21.9. The van der Waals surface area contributed by atoms with Crippen LogP contribution in [0.4, 0.5) is 0 Å². The minimum atomic E-state index is 0.427. The average molecular weight is 332 g/mol. The average Bonchev–Trinajstić information content (AvgIpc) is 2.94. The van der Waals surface area contributed by atoms with Crippen LogP contribution in [0.2, 0.25) is 10.0 Å². The summed E-state index contributed by atoms with van der Waals surface area (Å²) in [4.78, 5) is 2.48. The molecule has 0 spiro atoms. The molecule has 1 heterocycles. The predicted octanol–water partition coefficient (Wildman–Crippen LogP) is 5.40. The molecular weight excluding hydrogens is 313 g/mol. The molecule has 1 fully saturated rings. The van der Waals surface area contributed by atoms with Gasteiger partial charge in [0.05, 0.1) is 10.0 Å². The van der Waals surface area contributed by atoms with Crippen molar-refractivity contribution in [1.29, 1.82) is 0 Å². The molecule has 1 nitrogen and oxygen atoms in total. The molecule has 3 heteroatoms. The van der Waals surface area contributed by atoms with Gasteiger partial charge in [-0.2, -0.15) is 0 Å². The third-order valence-electron chi connectivity index (χ3n) is 4.36. The second-order valence-corrected chi connectivity index (χ2v) is 6.67. The Morgan fingerprint density at radius 1 is 1.05 bits per heavy atom. The molecule has 114 valence electrons. The van der Waals surface area contributed by atoms with Gasteiger partial charge in [-0.05, 0) is 29.2 Å². The lowest BCUT2D eigenvalue weighted by molar-refractivity contribution is 0.322. The van der Waals surface area contributed by atoms with Crippen LogP contribution in [0.5, 0.6) is 0 Å². The summed E-state index contributed by atoms with van der Waals surface area (Å²) in [6.07, 6.45) is 2.07. The lowest BCUT2D eigenvalue weighted by Crippen LogP contribution is -2.20. The maximum atomic E-state index is 6.18. The number of rotatable bonds is 4. The number of hydrogen-bond acceptors (Lipinski definition) is 1. The summed E-state index contributed by atoms with van der Waals surface area (Å²) in [5.74, 6) is 0.872. The van der Waals surface area contributed by atoms with Crippen LogP contribution in [0.15, 0.2) is 61.2 Å². The lowest BCUT2D eigenvalue weighted by Gasteiger charge is -2.17. The molecular formula is C19H19Cl2N. The summed E-state index contributed by atoms with van der Waals surface area (Å²) in [5, 5.41) is 1.24. The molecule has 1 aliphatic heterocycles. The summed E-state index contributed by atoms with van der Waals surface area (Å²) in [5.41, 5.74) is 2.59. The van der Waals surface area contributed by atoms with Crippen LogP contribution in [0.3, 0.4) is 0 Å². The first kappa shape index (κ1) is 15.6. The van der Waals surface area contributed by atoms with Crippen LogP contribution >= 0.6 is 23.2 Å². The van der Waals surface area contributed by atoms with Gasteiger partial charge in [-0.1, -0.05) is 65.7 Å². The molecule has 0 unspecified atom stereocenters. The van der Waals surface area contributed by atoms with E-state index in [1.54, 1.807) is 0 Å². The van der Waals surface area contributed by atoms with E-state index in [-0.39, 0.29) is 0 Å². The largest absolute Gasteiger partial charge is 0.298 e. The Morgan fingerprint density at radius 3 is 2.50 bits per heavy atom.